The molecule has 6 nitrogen and oxygen atoms in total. The Balaban J connectivity index is 2.16. The van der Waals surface area contributed by atoms with Gasteiger partial charge in [0.05, 0.1) is 0 Å². The fourth-order valence-corrected chi connectivity index (χ4v) is 2.16. The minimum atomic E-state index is 0.734. The van der Waals surface area contributed by atoms with Crippen molar-refractivity contribution in [3.8, 4) is 11.4 Å². The van der Waals surface area contributed by atoms with Gasteiger partial charge in [-0.1, -0.05) is 30.3 Å². The van der Waals surface area contributed by atoms with Gasteiger partial charge in [0, 0.05) is 37.8 Å². The lowest BCUT2D eigenvalue weighted by Crippen LogP contribution is -2.22. The minimum Gasteiger partial charge on any atom is -0.369 e. The van der Waals surface area contributed by atoms with Crippen LogP contribution in [-0.2, 0) is 0 Å². The molecule has 0 saturated carbocycles. The smallest absolute Gasteiger partial charge is 0.163 e. The summed E-state index contributed by atoms with van der Waals surface area (Å²) < 4.78 is 0. The Bertz CT molecular complexity index is 580. The molecule has 0 atom stereocenters. The van der Waals surface area contributed by atoms with Gasteiger partial charge in [-0.15, -0.1) is 0 Å². The zero-order chi connectivity index (χ0) is 17.4. The lowest BCUT2D eigenvalue weighted by atomic mass is 10.2. The number of benzene rings is 1. The number of nitrogens with zero attached hydrogens (tertiary/aromatic N) is 4. The molecule has 2 aromatic rings. The quantitative estimate of drug-likeness (QED) is 0.735. The topological polar surface area (TPSA) is 56.3 Å². The summed E-state index contributed by atoms with van der Waals surface area (Å²) >= 11 is 0. The van der Waals surface area contributed by atoms with Crippen LogP contribution in [0.5, 0.6) is 0 Å². The molecule has 0 radical (unpaired) electrons. The van der Waals surface area contributed by atoms with E-state index in [1.807, 2.05) is 36.4 Å². The summed E-state index contributed by atoms with van der Waals surface area (Å²) in [5.41, 5.74) is 1.02. The van der Waals surface area contributed by atoms with Gasteiger partial charge in [-0.25, -0.2) is 9.97 Å². The number of aromatic nitrogens is 2. The van der Waals surface area contributed by atoms with E-state index < -0.39 is 0 Å². The second-order valence-corrected chi connectivity index (χ2v) is 6.29. The molecule has 2 N–H and O–H groups in total. The molecule has 24 heavy (non-hydrogen) atoms. The summed E-state index contributed by atoms with van der Waals surface area (Å²) in [5.74, 6) is 2.42. The maximum Gasteiger partial charge on any atom is 0.163 e. The summed E-state index contributed by atoms with van der Waals surface area (Å²) in [7, 11) is 8.24. The van der Waals surface area contributed by atoms with Crippen LogP contribution in [0.3, 0.4) is 0 Å². The molecule has 6 heteroatoms. The normalized spacial score (nSPS) is 11.1. The molecule has 130 valence electrons. The average Bonchev–Trinajstić information content (AvgIpc) is 2.55. The van der Waals surface area contributed by atoms with Gasteiger partial charge >= 0.3 is 0 Å². The third-order valence-electron chi connectivity index (χ3n) is 3.49. The van der Waals surface area contributed by atoms with E-state index in [-0.39, 0.29) is 0 Å². The van der Waals surface area contributed by atoms with Crippen molar-refractivity contribution in [3.05, 3.63) is 36.4 Å². The predicted octanol–water partition coefficient (Wildman–Crippen LogP) is 2.09. The van der Waals surface area contributed by atoms with Crippen molar-refractivity contribution in [1.29, 1.82) is 0 Å². The number of anilines is 2. The molecule has 0 spiro atoms. The lowest BCUT2D eigenvalue weighted by Gasteiger charge is -2.14. The van der Waals surface area contributed by atoms with Crippen LogP contribution in [-0.4, -0.2) is 74.1 Å². The van der Waals surface area contributed by atoms with Gasteiger partial charge in [-0.2, -0.15) is 0 Å². The highest BCUT2D eigenvalue weighted by atomic mass is 15.1. The largest absolute Gasteiger partial charge is 0.369 e. The van der Waals surface area contributed by atoms with Gasteiger partial charge in [0.15, 0.2) is 5.82 Å². The van der Waals surface area contributed by atoms with Crippen molar-refractivity contribution in [3.63, 3.8) is 0 Å². The number of rotatable bonds is 9. The number of hydrogen-bond donors (Lipinski definition) is 2. The van der Waals surface area contributed by atoms with E-state index in [0.29, 0.717) is 0 Å². The fraction of sp³-hybridized carbons (Fsp3) is 0.444. The van der Waals surface area contributed by atoms with Gasteiger partial charge in [-0.3, -0.25) is 0 Å². The molecule has 0 aliphatic rings. The summed E-state index contributed by atoms with van der Waals surface area (Å²) in [4.78, 5) is 13.6. The van der Waals surface area contributed by atoms with Crippen LogP contribution in [0.2, 0.25) is 0 Å². The second kappa shape index (κ2) is 9.20. The summed E-state index contributed by atoms with van der Waals surface area (Å²) in [6.45, 7) is 3.59. The highest BCUT2D eigenvalue weighted by Gasteiger charge is 2.07. The van der Waals surface area contributed by atoms with Crippen molar-refractivity contribution < 1.29 is 0 Å². The van der Waals surface area contributed by atoms with Crippen molar-refractivity contribution in [1.82, 2.24) is 19.8 Å². The molecule has 0 aliphatic heterocycles. The molecule has 1 aromatic carbocycles. The van der Waals surface area contributed by atoms with Gasteiger partial charge < -0.3 is 20.4 Å². The van der Waals surface area contributed by atoms with Crippen LogP contribution in [0.15, 0.2) is 36.4 Å². The molecule has 0 saturated heterocycles. The van der Waals surface area contributed by atoms with Gasteiger partial charge in [0.25, 0.3) is 0 Å². The Kier molecular flexibility index (Phi) is 6.96. The molecule has 0 bridgehead atoms. The van der Waals surface area contributed by atoms with Crippen LogP contribution in [0, 0.1) is 0 Å². The molecular formula is C18H28N6. The number of likely N-dealkylation sites (N-methyl/N-ethyl adjacent to an activating group) is 2. The number of hydrogen-bond acceptors (Lipinski definition) is 6. The first-order chi connectivity index (χ1) is 11.5. The van der Waals surface area contributed by atoms with E-state index in [4.69, 9.17) is 0 Å². The SMILES string of the molecule is CN(C)CCNc1cc(NCCN(C)C)nc(-c2ccccc2)n1. The first-order valence-corrected chi connectivity index (χ1v) is 8.26. The highest BCUT2D eigenvalue weighted by molar-refractivity contribution is 5.61. The van der Waals surface area contributed by atoms with E-state index in [1.54, 1.807) is 0 Å². The molecule has 1 heterocycles. The van der Waals surface area contributed by atoms with E-state index in [9.17, 15) is 0 Å². The third-order valence-corrected chi connectivity index (χ3v) is 3.49. The van der Waals surface area contributed by atoms with E-state index in [1.165, 1.54) is 0 Å². The van der Waals surface area contributed by atoms with E-state index in [2.05, 4.69) is 58.6 Å². The molecule has 2 rings (SSSR count). The van der Waals surface area contributed by atoms with Crippen molar-refractivity contribution >= 4 is 11.6 Å². The molecule has 0 amide bonds. The molecule has 1 aromatic heterocycles. The van der Waals surface area contributed by atoms with E-state index in [0.717, 1.165) is 49.2 Å². The van der Waals surface area contributed by atoms with Crippen LogP contribution < -0.4 is 10.6 Å². The van der Waals surface area contributed by atoms with Gasteiger partial charge in [0.2, 0.25) is 0 Å². The predicted molar refractivity (Wildman–Crippen MR) is 102 cm³/mol. The Morgan fingerprint density at radius 2 is 1.29 bits per heavy atom. The molecular weight excluding hydrogens is 300 g/mol. The van der Waals surface area contributed by atoms with Crippen molar-refractivity contribution in [2.45, 2.75) is 0 Å². The van der Waals surface area contributed by atoms with Gasteiger partial charge in [0.1, 0.15) is 11.6 Å². The summed E-state index contributed by atoms with van der Waals surface area (Å²) in [5, 5.41) is 6.77. The minimum absolute atomic E-state index is 0.734. The summed E-state index contributed by atoms with van der Waals surface area (Å²) in [6.07, 6.45) is 0. The maximum atomic E-state index is 4.65. The second-order valence-electron chi connectivity index (χ2n) is 6.29. The van der Waals surface area contributed by atoms with Crippen LogP contribution in [0.25, 0.3) is 11.4 Å². The van der Waals surface area contributed by atoms with E-state index >= 15 is 0 Å². The molecule has 0 fully saturated rings. The Morgan fingerprint density at radius 1 is 0.792 bits per heavy atom. The third kappa shape index (κ3) is 6.14. The Hall–Kier alpha value is -2.18. The average molecular weight is 328 g/mol. The Labute approximate surface area is 144 Å². The van der Waals surface area contributed by atoms with Crippen molar-refractivity contribution in [2.24, 2.45) is 0 Å². The zero-order valence-corrected chi connectivity index (χ0v) is 15.1. The van der Waals surface area contributed by atoms with Crippen LogP contribution in [0.4, 0.5) is 11.6 Å². The first kappa shape index (κ1) is 18.2. The van der Waals surface area contributed by atoms with Crippen LogP contribution in [0.1, 0.15) is 0 Å². The monoisotopic (exact) mass is 328 g/mol. The zero-order valence-electron chi connectivity index (χ0n) is 15.1. The lowest BCUT2D eigenvalue weighted by molar-refractivity contribution is 0.425. The van der Waals surface area contributed by atoms with Crippen molar-refractivity contribution in [2.75, 3.05) is 65.0 Å². The van der Waals surface area contributed by atoms with Crippen LogP contribution >= 0.6 is 0 Å². The maximum absolute atomic E-state index is 4.65. The molecule has 0 unspecified atom stereocenters. The Morgan fingerprint density at radius 3 is 1.75 bits per heavy atom. The van der Waals surface area contributed by atoms with Gasteiger partial charge in [-0.05, 0) is 28.2 Å². The summed E-state index contributed by atoms with van der Waals surface area (Å²) in [6, 6.07) is 12.0. The highest BCUT2D eigenvalue weighted by Crippen LogP contribution is 2.19. The fourth-order valence-electron chi connectivity index (χ4n) is 2.16. The first-order valence-electron chi connectivity index (χ1n) is 8.26. The standard InChI is InChI=1S/C18H28N6/c1-23(2)12-10-19-16-14-17(20-11-13-24(3)4)22-18(21-16)15-8-6-5-7-9-15/h5-9,14H,10-13H2,1-4H3,(H2,19,20,21,22). The molecule has 0 aliphatic carbocycles. The number of nitrogens with one attached hydrogen (secondary N) is 2.